The van der Waals surface area contributed by atoms with E-state index in [2.05, 4.69) is 50.0 Å². The maximum absolute atomic E-state index is 11.3. The lowest BCUT2D eigenvalue weighted by Gasteiger charge is -2.02. The van der Waals surface area contributed by atoms with E-state index < -0.39 is 0 Å². The maximum atomic E-state index is 11.3. The Morgan fingerprint density at radius 1 is 0.870 bits per heavy atom. The molecule has 130 valence electrons. The summed E-state index contributed by atoms with van der Waals surface area (Å²) in [4.78, 5) is 11.3. The second-order valence-electron chi connectivity index (χ2n) is 5.78. The molecule has 0 aliphatic carbocycles. The van der Waals surface area contributed by atoms with Gasteiger partial charge in [0.1, 0.15) is 0 Å². The molecule has 0 saturated heterocycles. The van der Waals surface area contributed by atoms with Crippen LogP contribution in [0.3, 0.4) is 0 Å². The minimum atomic E-state index is -0.154. The molecule has 0 saturated carbocycles. The zero-order valence-corrected chi connectivity index (χ0v) is 15.1. The van der Waals surface area contributed by atoms with Crippen molar-refractivity contribution in [3.63, 3.8) is 0 Å². The molecular formula is C21H34O2. The molecule has 0 unspecified atom stereocenters. The van der Waals surface area contributed by atoms with E-state index in [9.17, 15) is 4.79 Å². The second kappa shape index (κ2) is 16.8. The van der Waals surface area contributed by atoms with Gasteiger partial charge in [0.2, 0.25) is 0 Å². The second-order valence-corrected chi connectivity index (χ2v) is 5.78. The highest BCUT2D eigenvalue weighted by Crippen LogP contribution is 2.09. The van der Waals surface area contributed by atoms with Crippen molar-refractivity contribution in [2.24, 2.45) is 0 Å². The van der Waals surface area contributed by atoms with E-state index in [1.807, 2.05) is 0 Å². The van der Waals surface area contributed by atoms with Gasteiger partial charge in [-0.15, -0.1) is 0 Å². The van der Waals surface area contributed by atoms with E-state index in [1.165, 1.54) is 19.3 Å². The average molecular weight is 319 g/mol. The minimum Gasteiger partial charge on any atom is -0.432 e. The Balaban J connectivity index is 3.32. The lowest BCUT2D eigenvalue weighted by molar-refractivity contribution is -0.139. The van der Waals surface area contributed by atoms with E-state index in [0.717, 1.165) is 38.5 Å². The van der Waals surface area contributed by atoms with Crippen molar-refractivity contribution in [2.75, 3.05) is 0 Å². The summed E-state index contributed by atoms with van der Waals surface area (Å²) < 4.78 is 4.92. The fourth-order valence-electron chi connectivity index (χ4n) is 2.13. The van der Waals surface area contributed by atoms with Crippen LogP contribution in [-0.2, 0) is 9.53 Å². The van der Waals surface area contributed by atoms with E-state index >= 15 is 0 Å². The molecule has 0 bridgehead atoms. The average Bonchev–Trinajstić information content (AvgIpc) is 2.50. The fourth-order valence-corrected chi connectivity index (χ4v) is 2.13. The SMILES string of the molecule is C=C(C)OC(=O)CCCCCCC/C=C\C/C=C\C/C=C\CC. The number of carbonyl (C=O) groups is 1. The number of unbranched alkanes of at least 4 members (excludes halogenated alkanes) is 5. The third-order valence-electron chi connectivity index (χ3n) is 3.32. The molecule has 0 radical (unpaired) electrons. The predicted octanol–water partition coefficient (Wildman–Crippen LogP) is 6.65. The summed E-state index contributed by atoms with van der Waals surface area (Å²) >= 11 is 0. The van der Waals surface area contributed by atoms with Gasteiger partial charge >= 0.3 is 5.97 Å². The number of hydrogen-bond acceptors (Lipinski definition) is 2. The Morgan fingerprint density at radius 2 is 1.43 bits per heavy atom. The van der Waals surface area contributed by atoms with E-state index in [4.69, 9.17) is 4.74 Å². The number of allylic oxidation sites excluding steroid dienone is 7. The molecule has 0 aromatic carbocycles. The van der Waals surface area contributed by atoms with E-state index in [-0.39, 0.29) is 5.97 Å². The standard InChI is InChI=1S/C21H34O2/c1-4-5-6-7-8-9-10-11-12-13-14-15-16-17-18-19-21(22)23-20(2)3/h5-6,8-9,11-12H,2,4,7,10,13-19H2,1,3H3/b6-5-,9-8-,12-11-. The van der Waals surface area contributed by atoms with Crippen molar-refractivity contribution < 1.29 is 9.53 Å². The zero-order valence-electron chi connectivity index (χ0n) is 15.1. The van der Waals surface area contributed by atoms with Crippen molar-refractivity contribution in [1.29, 1.82) is 0 Å². The van der Waals surface area contributed by atoms with Crippen molar-refractivity contribution >= 4 is 5.97 Å². The number of hydrogen-bond donors (Lipinski definition) is 0. The summed E-state index contributed by atoms with van der Waals surface area (Å²) in [7, 11) is 0. The summed E-state index contributed by atoms with van der Waals surface area (Å²) in [6, 6.07) is 0. The number of ether oxygens (including phenoxy) is 1. The first-order chi connectivity index (χ1) is 11.2. The van der Waals surface area contributed by atoms with Gasteiger partial charge < -0.3 is 4.74 Å². The van der Waals surface area contributed by atoms with Gasteiger partial charge in [-0.2, -0.15) is 0 Å². The van der Waals surface area contributed by atoms with E-state index in [1.54, 1.807) is 6.92 Å². The van der Waals surface area contributed by atoms with Crippen molar-refractivity contribution in [1.82, 2.24) is 0 Å². The summed E-state index contributed by atoms with van der Waals surface area (Å²) in [5, 5.41) is 0. The molecular weight excluding hydrogens is 284 g/mol. The Hall–Kier alpha value is -1.57. The van der Waals surface area contributed by atoms with E-state index in [0.29, 0.717) is 12.2 Å². The van der Waals surface area contributed by atoms with Crippen LogP contribution in [0.15, 0.2) is 48.8 Å². The Bertz CT molecular complexity index is 389. The van der Waals surface area contributed by atoms with Crippen LogP contribution in [0, 0.1) is 0 Å². The van der Waals surface area contributed by atoms with Gasteiger partial charge in [0, 0.05) is 6.42 Å². The lowest BCUT2D eigenvalue weighted by Crippen LogP contribution is -2.01. The molecule has 0 aliphatic heterocycles. The molecule has 0 fully saturated rings. The summed E-state index contributed by atoms with van der Waals surface area (Å²) in [5.74, 6) is 0.327. The lowest BCUT2D eigenvalue weighted by atomic mass is 10.1. The normalized spacial score (nSPS) is 11.7. The van der Waals surface area contributed by atoms with Crippen LogP contribution in [0.1, 0.15) is 78.1 Å². The molecule has 0 heterocycles. The molecule has 2 heteroatoms. The molecule has 0 N–H and O–H groups in total. The predicted molar refractivity (Wildman–Crippen MR) is 100 cm³/mol. The zero-order chi connectivity index (χ0) is 17.2. The summed E-state index contributed by atoms with van der Waals surface area (Å²) in [6.45, 7) is 7.41. The van der Waals surface area contributed by atoms with Crippen LogP contribution >= 0.6 is 0 Å². The molecule has 0 rings (SSSR count). The molecule has 0 amide bonds. The van der Waals surface area contributed by atoms with Gasteiger partial charge in [0.05, 0.1) is 5.76 Å². The van der Waals surface area contributed by atoms with Crippen LogP contribution in [0.25, 0.3) is 0 Å². The van der Waals surface area contributed by atoms with Crippen molar-refractivity contribution in [3.8, 4) is 0 Å². The van der Waals surface area contributed by atoms with Crippen LogP contribution in [0.5, 0.6) is 0 Å². The molecule has 0 aliphatic rings. The number of esters is 1. The molecule has 0 spiro atoms. The molecule has 0 aromatic heterocycles. The van der Waals surface area contributed by atoms with Crippen molar-refractivity contribution in [3.05, 3.63) is 48.8 Å². The fraction of sp³-hybridized carbons (Fsp3) is 0.571. The molecule has 0 atom stereocenters. The largest absolute Gasteiger partial charge is 0.432 e. The number of carbonyl (C=O) groups excluding carboxylic acids is 1. The van der Waals surface area contributed by atoms with Crippen LogP contribution in [0.2, 0.25) is 0 Å². The highest BCUT2D eigenvalue weighted by Gasteiger charge is 2.02. The minimum absolute atomic E-state index is 0.154. The first-order valence-electron chi connectivity index (χ1n) is 8.98. The summed E-state index contributed by atoms with van der Waals surface area (Å²) in [5.41, 5.74) is 0. The quantitative estimate of drug-likeness (QED) is 0.155. The highest BCUT2D eigenvalue weighted by molar-refractivity contribution is 5.70. The van der Waals surface area contributed by atoms with Gasteiger partial charge in [0.15, 0.2) is 0 Å². The Labute approximate surface area is 143 Å². The molecule has 2 nitrogen and oxygen atoms in total. The number of rotatable bonds is 14. The highest BCUT2D eigenvalue weighted by atomic mass is 16.5. The third kappa shape index (κ3) is 18.4. The third-order valence-corrected chi connectivity index (χ3v) is 3.32. The topological polar surface area (TPSA) is 26.3 Å². The van der Waals surface area contributed by atoms with Gasteiger partial charge in [-0.3, -0.25) is 4.79 Å². The van der Waals surface area contributed by atoms with Gasteiger partial charge in [-0.05, 0) is 45.4 Å². The smallest absolute Gasteiger partial charge is 0.310 e. The van der Waals surface area contributed by atoms with Crippen molar-refractivity contribution in [2.45, 2.75) is 78.1 Å². The van der Waals surface area contributed by atoms with Gasteiger partial charge in [-0.25, -0.2) is 0 Å². The Morgan fingerprint density at radius 3 is 2.09 bits per heavy atom. The Kier molecular flexibility index (Phi) is 15.6. The molecule has 0 aromatic rings. The van der Waals surface area contributed by atoms with Gasteiger partial charge in [-0.1, -0.05) is 69.2 Å². The van der Waals surface area contributed by atoms with Crippen LogP contribution < -0.4 is 0 Å². The molecule has 23 heavy (non-hydrogen) atoms. The first-order valence-corrected chi connectivity index (χ1v) is 8.98. The van der Waals surface area contributed by atoms with Crippen LogP contribution in [-0.4, -0.2) is 5.97 Å². The maximum Gasteiger partial charge on any atom is 0.310 e. The monoisotopic (exact) mass is 318 g/mol. The summed E-state index contributed by atoms with van der Waals surface area (Å²) in [6.07, 6.45) is 23.9. The van der Waals surface area contributed by atoms with Gasteiger partial charge in [0.25, 0.3) is 0 Å². The van der Waals surface area contributed by atoms with Crippen LogP contribution in [0.4, 0.5) is 0 Å². The first kappa shape index (κ1) is 21.4.